The average molecular weight is 413 g/mol. The maximum absolute atomic E-state index is 14.3. The molecule has 0 bridgehead atoms. The summed E-state index contributed by atoms with van der Waals surface area (Å²) < 4.78 is 28.0. The van der Waals surface area contributed by atoms with Crippen molar-refractivity contribution in [2.75, 3.05) is 17.3 Å². The number of aromatic nitrogens is 1. The topological polar surface area (TPSA) is 90.6 Å². The minimum atomic E-state index is -0.988. The SMILES string of the molecule is Nc1ncc(-c2cc3c(s2)CNCC3)cc1C1=NNNN1c1cccc(F)c1F. The van der Waals surface area contributed by atoms with Crippen molar-refractivity contribution in [3.8, 4) is 10.4 Å². The molecule has 5 N–H and O–H groups in total. The molecular weight excluding hydrogens is 396 g/mol. The molecule has 0 saturated heterocycles. The molecule has 0 unspecified atom stereocenters. The Morgan fingerprint density at radius 1 is 1.21 bits per heavy atom. The maximum atomic E-state index is 14.3. The van der Waals surface area contributed by atoms with Crippen molar-refractivity contribution in [3.05, 3.63) is 64.2 Å². The largest absolute Gasteiger partial charge is 0.383 e. The molecule has 0 atom stereocenters. The number of nitrogen functional groups attached to an aromatic ring is 1. The third-order valence-corrected chi connectivity index (χ3v) is 6.13. The molecule has 1 aromatic carbocycles. The zero-order valence-electron chi connectivity index (χ0n) is 15.2. The number of nitrogens with one attached hydrogen (secondary N) is 3. The van der Waals surface area contributed by atoms with E-state index < -0.39 is 11.6 Å². The highest BCUT2D eigenvalue weighted by Gasteiger charge is 2.27. The number of hydrogen-bond acceptors (Lipinski definition) is 8. The first-order chi connectivity index (χ1) is 14.1. The molecular formula is C19H17F2N7S. The summed E-state index contributed by atoms with van der Waals surface area (Å²) in [5, 5.41) is 8.84. The predicted molar refractivity (Wildman–Crippen MR) is 109 cm³/mol. The van der Waals surface area contributed by atoms with E-state index in [1.165, 1.54) is 27.6 Å². The van der Waals surface area contributed by atoms with Gasteiger partial charge in [-0.3, -0.25) is 0 Å². The second-order valence-corrected chi connectivity index (χ2v) is 7.85. The fraction of sp³-hybridized carbons (Fsp3) is 0.158. The van der Waals surface area contributed by atoms with E-state index in [1.54, 1.807) is 17.5 Å². The van der Waals surface area contributed by atoms with Crippen LogP contribution in [0.15, 0.2) is 41.6 Å². The number of amidine groups is 1. The van der Waals surface area contributed by atoms with Gasteiger partial charge in [-0.15, -0.1) is 22.0 Å². The molecule has 2 aliphatic heterocycles. The van der Waals surface area contributed by atoms with Gasteiger partial charge in [-0.1, -0.05) is 6.07 Å². The summed E-state index contributed by atoms with van der Waals surface area (Å²) in [5.41, 5.74) is 14.1. The van der Waals surface area contributed by atoms with Gasteiger partial charge in [0, 0.05) is 28.1 Å². The Morgan fingerprint density at radius 2 is 2.10 bits per heavy atom. The quantitative estimate of drug-likeness (QED) is 0.528. The smallest absolute Gasteiger partial charge is 0.184 e. The van der Waals surface area contributed by atoms with Gasteiger partial charge in [-0.2, -0.15) is 0 Å². The van der Waals surface area contributed by atoms with Crippen LogP contribution in [0.2, 0.25) is 0 Å². The van der Waals surface area contributed by atoms with Crippen LogP contribution in [0.5, 0.6) is 0 Å². The average Bonchev–Trinajstić information content (AvgIpc) is 3.37. The summed E-state index contributed by atoms with van der Waals surface area (Å²) in [6.45, 7) is 1.83. The van der Waals surface area contributed by atoms with E-state index in [4.69, 9.17) is 5.73 Å². The molecule has 5 rings (SSSR count). The van der Waals surface area contributed by atoms with Crippen molar-refractivity contribution >= 4 is 28.7 Å². The number of fused-ring (bicyclic) bond motifs is 1. The van der Waals surface area contributed by atoms with E-state index in [9.17, 15) is 8.78 Å². The van der Waals surface area contributed by atoms with Crippen LogP contribution >= 0.6 is 11.3 Å². The van der Waals surface area contributed by atoms with Gasteiger partial charge < -0.3 is 11.1 Å². The van der Waals surface area contributed by atoms with E-state index in [0.29, 0.717) is 11.4 Å². The van der Waals surface area contributed by atoms with Gasteiger partial charge >= 0.3 is 0 Å². The first kappa shape index (κ1) is 18.0. The molecule has 0 saturated carbocycles. The van der Waals surface area contributed by atoms with Crippen LogP contribution in [0.4, 0.5) is 20.3 Å². The van der Waals surface area contributed by atoms with Gasteiger partial charge in [-0.25, -0.2) is 24.3 Å². The van der Waals surface area contributed by atoms with Gasteiger partial charge in [0.05, 0.1) is 5.56 Å². The number of nitrogens with two attached hydrogens (primary N) is 1. The monoisotopic (exact) mass is 413 g/mol. The summed E-state index contributed by atoms with van der Waals surface area (Å²) >= 11 is 1.71. The minimum absolute atomic E-state index is 0.0174. The Kier molecular flexibility index (Phi) is 4.38. The molecule has 0 amide bonds. The maximum Gasteiger partial charge on any atom is 0.184 e. The highest BCUT2D eigenvalue weighted by atomic mass is 32.1. The van der Waals surface area contributed by atoms with E-state index in [2.05, 4.69) is 32.5 Å². The number of pyridine rings is 1. The van der Waals surface area contributed by atoms with Crippen LogP contribution in [-0.2, 0) is 13.0 Å². The number of halogens is 2. The molecule has 0 fully saturated rings. The molecule has 3 aromatic rings. The number of benzene rings is 1. The normalized spacial score (nSPS) is 15.8. The molecule has 7 nitrogen and oxygen atoms in total. The number of anilines is 2. The van der Waals surface area contributed by atoms with Crippen LogP contribution in [0, 0.1) is 11.6 Å². The summed E-state index contributed by atoms with van der Waals surface area (Å²) in [6.07, 6.45) is 2.71. The molecule has 0 spiro atoms. The lowest BCUT2D eigenvalue weighted by Crippen LogP contribution is -2.42. The third kappa shape index (κ3) is 3.11. The van der Waals surface area contributed by atoms with E-state index in [-0.39, 0.29) is 11.5 Å². The van der Waals surface area contributed by atoms with Crippen LogP contribution in [0.25, 0.3) is 10.4 Å². The van der Waals surface area contributed by atoms with Crippen LogP contribution < -0.4 is 27.1 Å². The molecule has 29 heavy (non-hydrogen) atoms. The van der Waals surface area contributed by atoms with Gasteiger partial charge in [-0.05, 0) is 42.8 Å². The standard InChI is InChI=1S/C19H17F2N7S/c20-13-2-1-3-14(17(13)21)28-19(25-26-27-28)12-6-11(8-24-18(12)22)15-7-10-4-5-23-9-16(10)29-15/h1-3,6-8,23,26-27H,4-5,9H2,(H2,22,24). The molecule has 2 aromatic heterocycles. The Bertz CT molecular complexity index is 1100. The van der Waals surface area contributed by atoms with Crippen molar-refractivity contribution in [2.24, 2.45) is 5.10 Å². The molecule has 148 valence electrons. The van der Waals surface area contributed by atoms with Gasteiger partial charge in [0.2, 0.25) is 0 Å². The number of thiophene rings is 1. The lowest BCUT2D eigenvalue weighted by Gasteiger charge is -2.20. The first-order valence-electron chi connectivity index (χ1n) is 9.03. The molecule has 10 heteroatoms. The minimum Gasteiger partial charge on any atom is -0.383 e. The molecule has 4 heterocycles. The van der Waals surface area contributed by atoms with Crippen molar-refractivity contribution in [3.63, 3.8) is 0 Å². The summed E-state index contributed by atoms with van der Waals surface area (Å²) in [5.74, 6) is -1.40. The van der Waals surface area contributed by atoms with Gasteiger partial charge in [0.15, 0.2) is 17.5 Å². The second-order valence-electron chi connectivity index (χ2n) is 6.71. The molecule has 0 aliphatic carbocycles. The number of hydrogen-bond donors (Lipinski definition) is 4. The summed E-state index contributed by atoms with van der Waals surface area (Å²) in [6, 6.07) is 7.97. The Morgan fingerprint density at radius 3 is 2.97 bits per heavy atom. The molecule has 2 aliphatic rings. The predicted octanol–water partition coefficient (Wildman–Crippen LogP) is 2.51. The Balaban J connectivity index is 1.55. The number of rotatable bonds is 3. The van der Waals surface area contributed by atoms with Crippen LogP contribution in [-0.4, -0.2) is 17.4 Å². The lowest BCUT2D eigenvalue weighted by atomic mass is 10.1. The highest BCUT2D eigenvalue weighted by Crippen LogP contribution is 2.34. The molecule has 0 radical (unpaired) electrons. The van der Waals surface area contributed by atoms with E-state index >= 15 is 0 Å². The van der Waals surface area contributed by atoms with Crippen molar-refractivity contribution < 1.29 is 8.78 Å². The fourth-order valence-corrected chi connectivity index (χ4v) is 4.60. The zero-order valence-corrected chi connectivity index (χ0v) is 16.0. The summed E-state index contributed by atoms with van der Waals surface area (Å²) in [4.78, 5) is 6.71. The second kappa shape index (κ2) is 7.07. The third-order valence-electron chi connectivity index (χ3n) is 4.90. The number of hydrazone groups is 1. The lowest BCUT2D eigenvalue weighted by molar-refractivity contribution is 0.504. The Labute approximate surface area is 169 Å². The van der Waals surface area contributed by atoms with E-state index in [1.807, 2.05) is 6.07 Å². The first-order valence-corrected chi connectivity index (χ1v) is 9.84. The zero-order chi connectivity index (χ0) is 20.0. The van der Waals surface area contributed by atoms with E-state index in [0.717, 1.165) is 36.0 Å². The van der Waals surface area contributed by atoms with Crippen LogP contribution in [0.3, 0.4) is 0 Å². The fourth-order valence-electron chi connectivity index (χ4n) is 3.44. The van der Waals surface area contributed by atoms with Gasteiger partial charge in [0.1, 0.15) is 11.5 Å². The van der Waals surface area contributed by atoms with Gasteiger partial charge in [0.25, 0.3) is 0 Å². The Hall–Kier alpha value is -3.08. The van der Waals surface area contributed by atoms with Crippen molar-refractivity contribution in [1.29, 1.82) is 0 Å². The van der Waals surface area contributed by atoms with Crippen molar-refractivity contribution in [2.45, 2.75) is 13.0 Å². The van der Waals surface area contributed by atoms with Crippen LogP contribution in [0.1, 0.15) is 16.0 Å². The number of hydrazine groups is 2. The van der Waals surface area contributed by atoms with Crippen molar-refractivity contribution in [1.82, 2.24) is 21.4 Å². The highest BCUT2D eigenvalue weighted by molar-refractivity contribution is 7.15. The summed E-state index contributed by atoms with van der Waals surface area (Å²) in [7, 11) is 0. The number of nitrogens with zero attached hydrogens (tertiary/aromatic N) is 3.